The maximum absolute atomic E-state index is 13.4. The molecular formula is C33H44LrO5. The van der Waals surface area contributed by atoms with Gasteiger partial charge in [0.2, 0.25) is 0 Å². The Morgan fingerprint density at radius 1 is 0.974 bits per heavy atom. The molecule has 1 aromatic rings. The third-order valence-corrected chi connectivity index (χ3v) is 11.3. The van der Waals surface area contributed by atoms with Crippen LogP contribution in [0.4, 0.5) is 0 Å². The minimum Gasteiger partial charge on any atom is -0.465 e. The molecule has 7 rings (SSSR count). The number of allylic oxidation sites excluding steroid dienone is 2. The molecule has 2 heterocycles. The number of carbonyl (C=O) groups is 1. The molecule has 4 aliphatic carbocycles. The summed E-state index contributed by atoms with van der Waals surface area (Å²) >= 11 is 0. The third kappa shape index (κ3) is 4.14. The molecule has 39 heavy (non-hydrogen) atoms. The van der Waals surface area contributed by atoms with Crippen molar-refractivity contribution < 1.29 is 23.7 Å². The first-order chi connectivity index (χ1) is 18.3. The van der Waals surface area contributed by atoms with Gasteiger partial charge in [-0.05, 0) is 86.3 Å². The molecule has 6 heteroatoms. The van der Waals surface area contributed by atoms with E-state index in [9.17, 15) is 4.79 Å². The Labute approximate surface area is 227 Å². The van der Waals surface area contributed by atoms with Crippen molar-refractivity contribution in [2.75, 3.05) is 19.8 Å². The molecule has 5 nitrogen and oxygen atoms in total. The molecule has 0 aromatic heterocycles. The van der Waals surface area contributed by atoms with Gasteiger partial charge in [-0.25, -0.2) is 0 Å². The first kappa shape index (κ1) is 26.5. The first-order valence-corrected chi connectivity index (χ1v) is 15.2. The second kappa shape index (κ2) is 9.45. The maximum Gasteiger partial charge on any atom is 0.199 e. The van der Waals surface area contributed by atoms with Crippen molar-refractivity contribution in [1.29, 1.82) is 0 Å². The molecule has 6 atom stereocenters. The molecule has 1 spiro atoms. The summed E-state index contributed by atoms with van der Waals surface area (Å²) in [5, 5.41) is 0. The Kier molecular flexibility index (Phi) is 6.43. The van der Waals surface area contributed by atoms with E-state index in [1.54, 1.807) is 11.1 Å². The number of hydrogen-bond donors (Lipinski definition) is 0. The van der Waals surface area contributed by atoms with Crippen LogP contribution in [0.5, 0.6) is 5.75 Å². The molecule has 0 amide bonds. The number of aryl methyl sites for hydroxylation is 1. The average Bonchev–Trinajstić information content (AvgIpc) is 3.48. The Morgan fingerprint density at radius 2 is 1.79 bits per heavy atom. The van der Waals surface area contributed by atoms with Gasteiger partial charge in [0.05, 0.1) is 19.8 Å². The smallest absolute Gasteiger partial charge is 0.199 e. The molecule has 5 fully saturated rings. The summed E-state index contributed by atoms with van der Waals surface area (Å²) in [5.74, 6) is 2.32. The molecule has 2 aliphatic heterocycles. The van der Waals surface area contributed by atoms with Gasteiger partial charge in [0.15, 0.2) is 12.1 Å². The van der Waals surface area contributed by atoms with Crippen molar-refractivity contribution in [3.8, 4) is 5.75 Å². The van der Waals surface area contributed by atoms with Crippen molar-refractivity contribution in [2.24, 2.45) is 22.7 Å². The molecule has 3 unspecified atom stereocenters. The summed E-state index contributed by atoms with van der Waals surface area (Å²) in [6.07, 6.45) is 11.2. The standard InChI is InChI=1S/C33H44O5.Lr/c1-21-18-22(7-9-27(21)38-29-6-4-5-15-35-29)24-19-32(3)25(8-10-28(32)34)23-11-13-31(2)20-33(36-16-17-37-33)14-12-26(31)30(23)24;/h7,9,18,23-25,29H,4-6,8,10-17,19-20H2,1-3H3;/t23?,24-,25?,29?,31+,32+;/m1./s1. The van der Waals surface area contributed by atoms with Gasteiger partial charge in [0.25, 0.3) is 0 Å². The van der Waals surface area contributed by atoms with Crippen molar-refractivity contribution in [1.82, 2.24) is 0 Å². The van der Waals surface area contributed by atoms with Crippen molar-refractivity contribution in [3.05, 3.63) is 40.5 Å². The Bertz CT molecular complexity index is 1150. The molecule has 3 saturated carbocycles. The zero-order valence-electron chi connectivity index (χ0n) is 23.7. The van der Waals surface area contributed by atoms with Crippen LogP contribution in [0.1, 0.15) is 102 Å². The summed E-state index contributed by atoms with van der Waals surface area (Å²) in [7, 11) is 0. The summed E-state index contributed by atoms with van der Waals surface area (Å²) in [4.78, 5) is 13.4. The number of rotatable bonds is 3. The van der Waals surface area contributed by atoms with Crippen molar-refractivity contribution in [2.45, 2.75) is 109 Å². The fourth-order valence-corrected chi connectivity index (χ4v) is 9.43. The van der Waals surface area contributed by atoms with Crippen LogP contribution in [0, 0.1) is 29.6 Å². The van der Waals surface area contributed by atoms with E-state index in [1.807, 2.05) is 0 Å². The van der Waals surface area contributed by atoms with Crippen LogP contribution < -0.4 is 4.74 Å². The minimum atomic E-state index is -0.385. The van der Waals surface area contributed by atoms with E-state index in [2.05, 4.69) is 39.0 Å². The fourth-order valence-electron chi connectivity index (χ4n) is 9.43. The zero-order valence-corrected chi connectivity index (χ0v) is 25.9. The van der Waals surface area contributed by atoms with Crippen LogP contribution in [-0.2, 0) is 19.0 Å². The van der Waals surface area contributed by atoms with E-state index < -0.39 is 0 Å². The summed E-state index contributed by atoms with van der Waals surface area (Å²) < 4.78 is 24.6. The Morgan fingerprint density at radius 3 is 2.54 bits per heavy atom. The van der Waals surface area contributed by atoms with E-state index in [0.717, 1.165) is 88.9 Å². The zero-order chi connectivity index (χ0) is 26.1. The van der Waals surface area contributed by atoms with Crippen LogP contribution in [-0.4, -0.2) is 37.7 Å². The second-order valence-electron chi connectivity index (χ2n) is 13.6. The normalized spacial score (nSPS) is 39.1. The van der Waals surface area contributed by atoms with E-state index >= 15 is 0 Å². The summed E-state index contributed by atoms with van der Waals surface area (Å²) in [6.45, 7) is 9.14. The number of benzene rings is 1. The Hall–Kier alpha value is -2.69. The van der Waals surface area contributed by atoms with Gasteiger partial charge < -0.3 is 18.9 Å². The monoisotopic (exact) mass is 782 g/mol. The number of ketones is 1. The van der Waals surface area contributed by atoms with Crippen LogP contribution in [0.2, 0.25) is 0 Å². The minimum absolute atomic E-state index is 0. The predicted molar refractivity (Wildman–Crippen MR) is 145 cm³/mol. The van der Waals surface area contributed by atoms with Crippen LogP contribution in [0.3, 0.4) is 0 Å². The van der Waals surface area contributed by atoms with Gasteiger partial charge in [0.1, 0.15) is 11.5 Å². The molecule has 221 valence electrons. The van der Waals surface area contributed by atoms with Gasteiger partial charge in [0, 0.05) is 37.0 Å². The molecule has 2 saturated heterocycles. The van der Waals surface area contributed by atoms with Gasteiger partial charge in [-0.1, -0.05) is 37.1 Å². The van der Waals surface area contributed by atoms with Crippen LogP contribution in [0.15, 0.2) is 29.3 Å². The third-order valence-electron chi connectivity index (χ3n) is 11.3. The molecule has 0 N–H and O–H groups in total. The van der Waals surface area contributed by atoms with Gasteiger partial charge in [-0.15, -0.1) is 0 Å². The van der Waals surface area contributed by atoms with Gasteiger partial charge in [-0.2, -0.15) is 0 Å². The number of hydrogen-bond acceptors (Lipinski definition) is 5. The summed E-state index contributed by atoms with van der Waals surface area (Å²) in [6, 6.07) is 6.78. The molecule has 6 aliphatic rings. The number of carbonyl (C=O) groups excluding carboxylic acids is 1. The number of Topliss-reactive ketones (excluding diaryl/α,β-unsaturated/α-hetero) is 1. The topological polar surface area (TPSA) is 54.0 Å². The predicted octanol–water partition coefficient (Wildman–Crippen LogP) is 7.01. The first-order valence-electron chi connectivity index (χ1n) is 15.2. The van der Waals surface area contributed by atoms with E-state index in [1.165, 1.54) is 18.4 Å². The van der Waals surface area contributed by atoms with Gasteiger partial charge in [-0.3, -0.25) is 4.79 Å². The van der Waals surface area contributed by atoms with E-state index in [-0.39, 0.29) is 28.8 Å². The van der Waals surface area contributed by atoms with E-state index in [4.69, 9.17) is 18.9 Å². The van der Waals surface area contributed by atoms with Gasteiger partial charge >= 0.3 is 0 Å². The SMILES string of the molecule is Cc1cc([C@H]2C[C@]3(C)C(=O)CCC3C3CC[C@@]4(C)CC5(CCC4=C32)OCCO5)ccc1OC1CCCCO1.[Lr]. The average molecular weight is 783 g/mol. The largest absolute Gasteiger partial charge is 0.465 e. The second-order valence-corrected chi connectivity index (χ2v) is 13.6. The fraction of sp³-hybridized carbons (Fsp3) is 0.727. The molecule has 0 bridgehead atoms. The molecule has 1 aromatic carbocycles. The quantitative estimate of drug-likeness (QED) is 0.309. The van der Waals surface area contributed by atoms with Crippen LogP contribution in [0.25, 0.3) is 0 Å². The maximum atomic E-state index is 13.4. The molecule has 1 radical (unpaired) electrons. The van der Waals surface area contributed by atoms with E-state index in [0.29, 0.717) is 17.6 Å². The Balaban J connectivity index is 0.00000277. The summed E-state index contributed by atoms with van der Waals surface area (Å²) in [5.41, 5.74) is 5.76. The van der Waals surface area contributed by atoms with Crippen molar-refractivity contribution >= 4 is 5.78 Å². The van der Waals surface area contributed by atoms with Crippen molar-refractivity contribution in [3.63, 3.8) is 0 Å². The molecular weight excluding hydrogens is 738 g/mol. The number of ether oxygens (including phenoxy) is 4. The number of fused-ring (bicyclic) bond motifs is 4. The van der Waals surface area contributed by atoms with Crippen LogP contribution >= 0.6 is 0 Å².